The Balaban J connectivity index is 2.63. The summed E-state index contributed by atoms with van der Waals surface area (Å²) >= 11 is 5.82. The van der Waals surface area contributed by atoms with Gasteiger partial charge in [-0.1, -0.05) is 50.6 Å². The van der Waals surface area contributed by atoms with Crippen molar-refractivity contribution >= 4 is 17.5 Å². The Kier molecular flexibility index (Phi) is 5.86. The minimum absolute atomic E-state index is 0.0250. The van der Waals surface area contributed by atoms with E-state index in [-0.39, 0.29) is 17.4 Å². The van der Waals surface area contributed by atoms with Gasteiger partial charge < -0.3 is 5.32 Å². The van der Waals surface area contributed by atoms with Crippen LogP contribution < -0.4 is 5.32 Å². The molecule has 0 aliphatic carbocycles. The summed E-state index contributed by atoms with van der Waals surface area (Å²) in [4.78, 5) is 12.1. The van der Waals surface area contributed by atoms with Crippen LogP contribution in [-0.2, 0) is 11.2 Å². The standard InChI is InChI=1S/C16H24ClNO/c1-12-6-5-7-13(10-12)11-15(19)18-14(8-9-17)16(2,3)4/h5-7,10,14H,8-9,11H2,1-4H3,(H,18,19). The summed E-state index contributed by atoms with van der Waals surface area (Å²) in [6.45, 7) is 8.40. The van der Waals surface area contributed by atoms with Crippen molar-refractivity contribution in [3.05, 3.63) is 35.4 Å². The fourth-order valence-electron chi connectivity index (χ4n) is 2.08. The Morgan fingerprint density at radius 3 is 2.58 bits per heavy atom. The number of nitrogens with one attached hydrogen (secondary N) is 1. The number of alkyl halides is 1. The van der Waals surface area contributed by atoms with Crippen molar-refractivity contribution in [1.82, 2.24) is 5.32 Å². The van der Waals surface area contributed by atoms with Gasteiger partial charge in [-0.3, -0.25) is 4.79 Å². The van der Waals surface area contributed by atoms with E-state index in [2.05, 4.69) is 26.1 Å². The normalized spacial score (nSPS) is 13.1. The van der Waals surface area contributed by atoms with E-state index in [9.17, 15) is 4.79 Å². The number of amides is 1. The van der Waals surface area contributed by atoms with Gasteiger partial charge in [0, 0.05) is 11.9 Å². The minimum atomic E-state index is 0.0250. The van der Waals surface area contributed by atoms with Gasteiger partial charge in [-0.2, -0.15) is 0 Å². The van der Waals surface area contributed by atoms with E-state index in [1.165, 1.54) is 5.56 Å². The lowest BCUT2D eigenvalue weighted by molar-refractivity contribution is -0.121. The molecule has 0 radical (unpaired) electrons. The van der Waals surface area contributed by atoms with Crippen LogP contribution in [0.25, 0.3) is 0 Å². The first kappa shape index (κ1) is 16.0. The average Bonchev–Trinajstić information content (AvgIpc) is 2.27. The molecule has 1 amide bonds. The highest BCUT2D eigenvalue weighted by Gasteiger charge is 2.25. The van der Waals surface area contributed by atoms with E-state index in [1.807, 2.05) is 31.2 Å². The molecule has 1 aromatic rings. The van der Waals surface area contributed by atoms with Gasteiger partial charge in [-0.05, 0) is 24.3 Å². The first-order valence-corrected chi connectivity index (χ1v) is 7.27. The largest absolute Gasteiger partial charge is 0.353 e. The molecular weight excluding hydrogens is 258 g/mol. The number of benzene rings is 1. The molecular formula is C16H24ClNO. The maximum absolute atomic E-state index is 12.1. The molecule has 3 heteroatoms. The second-order valence-corrected chi connectivity index (χ2v) is 6.51. The van der Waals surface area contributed by atoms with Crippen molar-refractivity contribution in [3.8, 4) is 0 Å². The number of hydrogen-bond donors (Lipinski definition) is 1. The quantitative estimate of drug-likeness (QED) is 0.819. The van der Waals surface area contributed by atoms with Gasteiger partial charge in [0.25, 0.3) is 0 Å². The summed E-state index contributed by atoms with van der Waals surface area (Å²) in [5.74, 6) is 0.628. The topological polar surface area (TPSA) is 29.1 Å². The molecule has 0 bridgehead atoms. The van der Waals surface area contributed by atoms with Gasteiger partial charge >= 0.3 is 0 Å². The molecule has 1 rings (SSSR count). The van der Waals surface area contributed by atoms with E-state index < -0.39 is 0 Å². The Labute approximate surface area is 121 Å². The van der Waals surface area contributed by atoms with Crippen molar-refractivity contribution in [2.75, 3.05) is 5.88 Å². The fourth-order valence-corrected chi connectivity index (χ4v) is 2.30. The summed E-state index contributed by atoms with van der Waals surface area (Å²) in [6, 6.07) is 8.17. The van der Waals surface area contributed by atoms with Crippen LogP contribution in [-0.4, -0.2) is 17.8 Å². The smallest absolute Gasteiger partial charge is 0.224 e. The van der Waals surface area contributed by atoms with Crippen molar-refractivity contribution < 1.29 is 4.79 Å². The highest BCUT2D eigenvalue weighted by atomic mass is 35.5. The zero-order valence-electron chi connectivity index (χ0n) is 12.3. The molecule has 0 heterocycles. The van der Waals surface area contributed by atoms with Gasteiger partial charge in [-0.25, -0.2) is 0 Å². The molecule has 1 atom stereocenters. The Bertz CT molecular complexity index is 423. The van der Waals surface area contributed by atoms with Crippen LogP contribution >= 0.6 is 11.6 Å². The van der Waals surface area contributed by atoms with Gasteiger partial charge in [0.05, 0.1) is 6.42 Å². The predicted octanol–water partition coefficient (Wildman–Crippen LogP) is 3.70. The molecule has 1 unspecified atom stereocenters. The third-order valence-corrected chi connectivity index (χ3v) is 3.44. The molecule has 19 heavy (non-hydrogen) atoms. The zero-order valence-corrected chi connectivity index (χ0v) is 13.1. The van der Waals surface area contributed by atoms with Crippen molar-refractivity contribution in [1.29, 1.82) is 0 Å². The van der Waals surface area contributed by atoms with E-state index >= 15 is 0 Å². The molecule has 0 fully saturated rings. The van der Waals surface area contributed by atoms with Crippen molar-refractivity contribution in [2.45, 2.75) is 46.6 Å². The molecule has 0 aliphatic heterocycles. The summed E-state index contributed by atoms with van der Waals surface area (Å²) in [5, 5.41) is 3.10. The molecule has 1 N–H and O–H groups in total. The summed E-state index contributed by atoms with van der Waals surface area (Å²) in [5.41, 5.74) is 2.26. The third kappa shape index (κ3) is 5.65. The summed E-state index contributed by atoms with van der Waals surface area (Å²) in [6.07, 6.45) is 1.22. The maximum atomic E-state index is 12.1. The molecule has 2 nitrogen and oxygen atoms in total. The average molecular weight is 282 g/mol. The lowest BCUT2D eigenvalue weighted by Gasteiger charge is -2.31. The monoisotopic (exact) mass is 281 g/mol. The van der Waals surface area contributed by atoms with E-state index in [0.717, 1.165) is 12.0 Å². The number of rotatable bonds is 5. The highest BCUT2D eigenvalue weighted by Crippen LogP contribution is 2.22. The maximum Gasteiger partial charge on any atom is 0.224 e. The SMILES string of the molecule is Cc1cccc(CC(=O)NC(CCCl)C(C)(C)C)c1. The van der Waals surface area contributed by atoms with Crippen LogP contribution in [0.4, 0.5) is 0 Å². The van der Waals surface area contributed by atoms with Gasteiger partial charge in [0.15, 0.2) is 0 Å². The zero-order chi connectivity index (χ0) is 14.5. The third-order valence-electron chi connectivity index (χ3n) is 3.23. The molecule has 0 aromatic heterocycles. The van der Waals surface area contributed by atoms with Crippen LogP contribution in [0.3, 0.4) is 0 Å². The van der Waals surface area contributed by atoms with Gasteiger partial charge in [0.2, 0.25) is 5.91 Å². The summed E-state index contributed by atoms with van der Waals surface area (Å²) < 4.78 is 0. The van der Waals surface area contributed by atoms with Crippen LogP contribution in [0.1, 0.15) is 38.3 Å². The lowest BCUT2D eigenvalue weighted by atomic mass is 9.85. The number of carbonyl (C=O) groups is 1. The van der Waals surface area contributed by atoms with Crippen LogP contribution in [0.2, 0.25) is 0 Å². The van der Waals surface area contributed by atoms with Crippen molar-refractivity contribution in [3.63, 3.8) is 0 Å². The molecule has 1 aromatic carbocycles. The fraction of sp³-hybridized carbons (Fsp3) is 0.562. The van der Waals surface area contributed by atoms with Crippen molar-refractivity contribution in [2.24, 2.45) is 5.41 Å². The van der Waals surface area contributed by atoms with Gasteiger partial charge in [0.1, 0.15) is 0 Å². The molecule has 0 saturated heterocycles. The Morgan fingerprint density at radius 2 is 2.05 bits per heavy atom. The Hall–Kier alpha value is -1.02. The molecule has 106 valence electrons. The first-order valence-electron chi connectivity index (χ1n) is 6.74. The number of aryl methyl sites for hydroxylation is 1. The minimum Gasteiger partial charge on any atom is -0.353 e. The lowest BCUT2D eigenvalue weighted by Crippen LogP contribution is -2.44. The number of carbonyl (C=O) groups excluding carboxylic acids is 1. The second-order valence-electron chi connectivity index (χ2n) is 6.13. The summed E-state index contributed by atoms with van der Waals surface area (Å²) in [7, 11) is 0. The first-order chi connectivity index (χ1) is 8.82. The van der Waals surface area contributed by atoms with E-state index in [1.54, 1.807) is 0 Å². The second kappa shape index (κ2) is 6.95. The van der Waals surface area contributed by atoms with Crippen LogP contribution in [0.5, 0.6) is 0 Å². The van der Waals surface area contributed by atoms with Crippen LogP contribution in [0, 0.1) is 12.3 Å². The molecule has 0 aliphatic rings. The highest BCUT2D eigenvalue weighted by molar-refractivity contribution is 6.17. The molecule has 0 saturated carbocycles. The predicted molar refractivity (Wildman–Crippen MR) is 81.6 cm³/mol. The Morgan fingerprint density at radius 1 is 1.37 bits per heavy atom. The number of halogens is 1. The van der Waals surface area contributed by atoms with Crippen LogP contribution in [0.15, 0.2) is 24.3 Å². The molecule has 0 spiro atoms. The number of hydrogen-bond acceptors (Lipinski definition) is 1. The van der Waals surface area contributed by atoms with E-state index in [4.69, 9.17) is 11.6 Å². The van der Waals surface area contributed by atoms with E-state index in [0.29, 0.717) is 12.3 Å². The van der Waals surface area contributed by atoms with Gasteiger partial charge in [-0.15, -0.1) is 11.6 Å².